The Labute approximate surface area is 106 Å². The summed E-state index contributed by atoms with van der Waals surface area (Å²) in [7, 11) is 1.84. The van der Waals surface area contributed by atoms with Crippen LogP contribution < -0.4 is 5.32 Å². The third-order valence-corrected chi connectivity index (χ3v) is 2.95. The first-order valence-electron chi connectivity index (χ1n) is 6.12. The fourth-order valence-electron chi connectivity index (χ4n) is 2.00. The van der Waals surface area contributed by atoms with E-state index in [1.54, 1.807) is 10.9 Å². The molecule has 98 valence electrons. The van der Waals surface area contributed by atoms with Gasteiger partial charge in [0.05, 0.1) is 17.2 Å². The molecule has 0 saturated carbocycles. The van der Waals surface area contributed by atoms with Crippen LogP contribution in [0, 0.1) is 0 Å². The van der Waals surface area contributed by atoms with Crippen LogP contribution in [0.1, 0.15) is 26.7 Å². The summed E-state index contributed by atoms with van der Waals surface area (Å²) >= 11 is 0. The first-order valence-corrected chi connectivity index (χ1v) is 6.12. The molecule has 0 spiro atoms. The Balaban J connectivity index is 2.17. The molecule has 0 amide bonds. The van der Waals surface area contributed by atoms with Gasteiger partial charge in [0.15, 0.2) is 5.65 Å². The Morgan fingerprint density at radius 1 is 1.44 bits per heavy atom. The molecule has 0 aliphatic carbocycles. The average Bonchev–Trinajstić information content (AvgIpc) is 2.69. The molecule has 2 aromatic rings. The predicted octanol–water partition coefficient (Wildman–Crippen LogP) is 1.33. The SMILES string of the molecule is CCCC(C)(O)CNc1ncnc2c1cnn2C. The largest absolute Gasteiger partial charge is 0.388 e. The maximum absolute atomic E-state index is 10.1. The lowest BCUT2D eigenvalue weighted by molar-refractivity contribution is 0.0636. The van der Waals surface area contributed by atoms with E-state index in [1.165, 1.54) is 6.33 Å². The number of rotatable bonds is 5. The van der Waals surface area contributed by atoms with Crippen LogP contribution in [0.4, 0.5) is 5.82 Å². The first-order chi connectivity index (χ1) is 8.53. The monoisotopic (exact) mass is 249 g/mol. The van der Waals surface area contributed by atoms with Crippen molar-refractivity contribution in [3.8, 4) is 0 Å². The van der Waals surface area contributed by atoms with Gasteiger partial charge in [-0.2, -0.15) is 5.10 Å². The number of aromatic nitrogens is 4. The summed E-state index contributed by atoms with van der Waals surface area (Å²) in [6, 6.07) is 0. The molecule has 0 aromatic carbocycles. The summed E-state index contributed by atoms with van der Waals surface area (Å²) in [6.07, 6.45) is 4.93. The van der Waals surface area contributed by atoms with E-state index in [0.717, 1.165) is 23.9 Å². The molecule has 0 radical (unpaired) electrons. The second kappa shape index (κ2) is 4.89. The quantitative estimate of drug-likeness (QED) is 0.836. The maximum Gasteiger partial charge on any atom is 0.163 e. The van der Waals surface area contributed by atoms with Crippen molar-refractivity contribution in [1.82, 2.24) is 19.7 Å². The van der Waals surface area contributed by atoms with Crippen molar-refractivity contribution < 1.29 is 5.11 Å². The first kappa shape index (κ1) is 12.8. The van der Waals surface area contributed by atoms with Crippen LogP contribution >= 0.6 is 0 Å². The van der Waals surface area contributed by atoms with Crippen molar-refractivity contribution in [2.75, 3.05) is 11.9 Å². The molecule has 2 rings (SSSR count). The normalized spacial score (nSPS) is 14.7. The fourth-order valence-corrected chi connectivity index (χ4v) is 2.00. The summed E-state index contributed by atoms with van der Waals surface area (Å²) < 4.78 is 1.70. The van der Waals surface area contributed by atoms with Crippen molar-refractivity contribution in [3.05, 3.63) is 12.5 Å². The molecule has 0 saturated heterocycles. The molecule has 2 aromatic heterocycles. The molecule has 1 unspecified atom stereocenters. The summed E-state index contributed by atoms with van der Waals surface area (Å²) in [6.45, 7) is 4.34. The van der Waals surface area contributed by atoms with Crippen LogP contribution in [0.15, 0.2) is 12.5 Å². The zero-order valence-corrected chi connectivity index (χ0v) is 11.0. The van der Waals surface area contributed by atoms with E-state index in [4.69, 9.17) is 0 Å². The Morgan fingerprint density at radius 3 is 2.94 bits per heavy atom. The second-order valence-corrected chi connectivity index (χ2v) is 4.83. The van der Waals surface area contributed by atoms with Crippen molar-refractivity contribution in [3.63, 3.8) is 0 Å². The predicted molar refractivity (Wildman–Crippen MR) is 70.3 cm³/mol. The van der Waals surface area contributed by atoms with Crippen molar-refractivity contribution in [1.29, 1.82) is 0 Å². The number of hydrogen-bond donors (Lipinski definition) is 2. The van der Waals surface area contributed by atoms with Gasteiger partial charge in [-0.15, -0.1) is 0 Å². The van der Waals surface area contributed by atoms with Gasteiger partial charge < -0.3 is 10.4 Å². The van der Waals surface area contributed by atoms with E-state index in [-0.39, 0.29) is 0 Å². The van der Waals surface area contributed by atoms with E-state index < -0.39 is 5.60 Å². The highest BCUT2D eigenvalue weighted by molar-refractivity contribution is 5.85. The van der Waals surface area contributed by atoms with Gasteiger partial charge in [0.25, 0.3) is 0 Å². The van der Waals surface area contributed by atoms with Gasteiger partial charge in [-0.05, 0) is 13.3 Å². The molecule has 0 fully saturated rings. The molecule has 6 heteroatoms. The number of fused-ring (bicyclic) bond motifs is 1. The lowest BCUT2D eigenvalue weighted by Crippen LogP contribution is -2.33. The molecule has 0 bridgehead atoms. The van der Waals surface area contributed by atoms with Crippen LogP contribution in [0.2, 0.25) is 0 Å². The third kappa shape index (κ3) is 2.59. The molecule has 1 atom stereocenters. The van der Waals surface area contributed by atoms with Gasteiger partial charge in [-0.3, -0.25) is 4.68 Å². The highest BCUT2D eigenvalue weighted by Gasteiger charge is 2.19. The maximum atomic E-state index is 10.1. The topological polar surface area (TPSA) is 75.9 Å². The van der Waals surface area contributed by atoms with Gasteiger partial charge >= 0.3 is 0 Å². The number of nitrogens with zero attached hydrogens (tertiary/aromatic N) is 4. The zero-order chi connectivity index (χ0) is 13.2. The van der Waals surface area contributed by atoms with Crippen LogP contribution in [-0.2, 0) is 7.05 Å². The third-order valence-electron chi connectivity index (χ3n) is 2.95. The van der Waals surface area contributed by atoms with Gasteiger partial charge in [-0.25, -0.2) is 9.97 Å². The van der Waals surface area contributed by atoms with Gasteiger partial charge in [0.1, 0.15) is 12.1 Å². The van der Waals surface area contributed by atoms with E-state index in [1.807, 2.05) is 14.0 Å². The number of nitrogens with one attached hydrogen (secondary N) is 1. The summed E-state index contributed by atoms with van der Waals surface area (Å²) in [4.78, 5) is 8.37. The molecule has 2 heterocycles. The second-order valence-electron chi connectivity index (χ2n) is 4.83. The molecule has 2 N–H and O–H groups in total. The molecule has 18 heavy (non-hydrogen) atoms. The Bertz CT molecular complexity index is 534. The van der Waals surface area contributed by atoms with E-state index in [2.05, 4.69) is 27.3 Å². The standard InChI is InChI=1S/C12H19N5O/c1-4-5-12(2,18)7-13-10-9-6-16-17(3)11(9)15-8-14-10/h6,8,18H,4-5,7H2,1-3H3,(H,13,14,15). The highest BCUT2D eigenvalue weighted by atomic mass is 16.3. The summed E-state index contributed by atoms with van der Waals surface area (Å²) in [5, 5.41) is 18.3. The van der Waals surface area contributed by atoms with Gasteiger partial charge in [-0.1, -0.05) is 13.3 Å². The van der Waals surface area contributed by atoms with E-state index >= 15 is 0 Å². The minimum atomic E-state index is -0.728. The van der Waals surface area contributed by atoms with Crippen molar-refractivity contribution in [2.24, 2.45) is 7.05 Å². The molecule has 0 aliphatic rings. The van der Waals surface area contributed by atoms with E-state index in [0.29, 0.717) is 12.4 Å². The minimum absolute atomic E-state index is 0.460. The number of aliphatic hydroxyl groups is 1. The summed E-state index contributed by atoms with van der Waals surface area (Å²) in [5.74, 6) is 0.712. The summed E-state index contributed by atoms with van der Waals surface area (Å²) in [5.41, 5.74) is 0.0523. The fraction of sp³-hybridized carbons (Fsp3) is 0.583. The van der Waals surface area contributed by atoms with Crippen LogP contribution in [0.25, 0.3) is 11.0 Å². The lowest BCUT2D eigenvalue weighted by Gasteiger charge is -2.23. The number of aryl methyl sites for hydroxylation is 1. The van der Waals surface area contributed by atoms with Crippen LogP contribution in [-0.4, -0.2) is 37.0 Å². The van der Waals surface area contributed by atoms with Crippen LogP contribution in [0.5, 0.6) is 0 Å². The van der Waals surface area contributed by atoms with Crippen LogP contribution in [0.3, 0.4) is 0 Å². The Morgan fingerprint density at radius 2 is 2.22 bits per heavy atom. The van der Waals surface area contributed by atoms with Gasteiger partial charge in [0.2, 0.25) is 0 Å². The van der Waals surface area contributed by atoms with Crippen molar-refractivity contribution in [2.45, 2.75) is 32.3 Å². The average molecular weight is 249 g/mol. The highest BCUT2D eigenvalue weighted by Crippen LogP contribution is 2.19. The van der Waals surface area contributed by atoms with Crippen molar-refractivity contribution >= 4 is 16.9 Å². The zero-order valence-electron chi connectivity index (χ0n) is 11.0. The lowest BCUT2D eigenvalue weighted by atomic mass is 10.0. The Hall–Kier alpha value is -1.69. The molecular weight excluding hydrogens is 230 g/mol. The number of anilines is 1. The molecule has 6 nitrogen and oxygen atoms in total. The minimum Gasteiger partial charge on any atom is -0.388 e. The smallest absolute Gasteiger partial charge is 0.163 e. The van der Waals surface area contributed by atoms with Gasteiger partial charge in [0, 0.05) is 13.6 Å². The molecule has 0 aliphatic heterocycles. The molecular formula is C12H19N5O. The van der Waals surface area contributed by atoms with E-state index in [9.17, 15) is 5.11 Å². The number of hydrogen-bond acceptors (Lipinski definition) is 5. The Kier molecular flexibility index (Phi) is 3.47.